The van der Waals surface area contributed by atoms with Crippen LogP contribution in [0.2, 0.25) is 19.6 Å². The summed E-state index contributed by atoms with van der Waals surface area (Å²) in [5, 5.41) is 0. The van der Waals surface area contributed by atoms with Gasteiger partial charge in [-0.1, -0.05) is 19.6 Å². The van der Waals surface area contributed by atoms with Gasteiger partial charge in [0.1, 0.15) is 8.07 Å². The highest BCUT2D eigenvalue weighted by atomic mass is 28.3. The smallest absolute Gasteiger partial charge is 0.179 e. The van der Waals surface area contributed by atoms with Crippen molar-refractivity contribution in [3.63, 3.8) is 0 Å². The maximum atomic E-state index is 4.99. The van der Waals surface area contributed by atoms with E-state index in [0.717, 1.165) is 0 Å². The van der Waals surface area contributed by atoms with Crippen molar-refractivity contribution in [1.29, 1.82) is 0 Å². The second kappa shape index (κ2) is 2.23. The van der Waals surface area contributed by atoms with Gasteiger partial charge in [0.15, 0.2) is 7.85 Å². The summed E-state index contributed by atoms with van der Waals surface area (Å²) in [6, 6.07) is 0. The topological polar surface area (TPSA) is 0 Å². The van der Waals surface area contributed by atoms with Crippen LogP contribution in [0.5, 0.6) is 0 Å². The van der Waals surface area contributed by atoms with Gasteiger partial charge < -0.3 is 0 Å². The summed E-state index contributed by atoms with van der Waals surface area (Å²) in [6.07, 6.45) is 0. The standard InChI is InChI=1S/C5H9BSi/c1-7(2,3)5-4-6/h1-3H3. The fraction of sp³-hybridized carbons (Fsp3) is 0.600. The van der Waals surface area contributed by atoms with Crippen LogP contribution >= 0.6 is 0 Å². The lowest BCUT2D eigenvalue weighted by Crippen LogP contribution is -2.16. The molecule has 0 heterocycles. The summed E-state index contributed by atoms with van der Waals surface area (Å²) in [6.45, 7) is 6.48. The first kappa shape index (κ1) is 6.84. The first-order chi connectivity index (χ1) is 3.06. The number of hydrogen-bond donors (Lipinski definition) is 0. The van der Waals surface area contributed by atoms with Crippen molar-refractivity contribution < 1.29 is 0 Å². The molecule has 0 aliphatic carbocycles. The zero-order valence-corrected chi connectivity index (χ0v) is 6.08. The number of hydrogen-bond acceptors (Lipinski definition) is 0. The molecule has 0 spiro atoms. The Bertz CT molecular complexity index is 101. The molecule has 36 valence electrons. The average molecular weight is 108 g/mol. The van der Waals surface area contributed by atoms with Crippen molar-refractivity contribution in [2.24, 2.45) is 0 Å². The van der Waals surface area contributed by atoms with Crippen LogP contribution in [-0.2, 0) is 0 Å². The maximum Gasteiger partial charge on any atom is 0.187 e. The second-order valence-electron chi connectivity index (χ2n) is 2.52. The van der Waals surface area contributed by atoms with Crippen LogP contribution in [0.1, 0.15) is 0 Å². The molecule has 0 fully saturated rings. The van der Waals surface area contributed by atoms with E-state index in [4.69, 9.17) is 7.85 Å². The molecule has 0 aromatic carbocycles. The lowest BCUT2D eigenvalue weighted by molar-refractivity contribution is 1.82. The first-order valence-electron chi connectivity index (χ1n) is 2.29. The van der Waals surface area contributed by atoms with Crippen LogP contribution in [0.25, 0.3) is 0 Å². The third-order valence-electron chi connectivity index (χ3n) is 0.447. The van der Waals surface area contributed by atoms with Crippen molar-refractivity contribution in [2.45, 2.75) is 19.6 Å². The van der Waals surface area contributed by atoms with Crippen LogP contribution in [0, 0.1) is 11.4 Å². The van der Waals surface area contributed by atoms with Crippen molar-refractivity contribution in [2.75, 3.05) is 0 Å². The molecule has 2 heteroatoms. The second-order valence-corrected chi connectivity index (χ2v) is 7.27. The van der Waals surface area contributed by atoms with Gasteiger partial charge in [0.2, 0.25) is 0 Å². The Morgan fingerprint density at radius 1 is 1.29 bits per heavy atom. The van der Waals surface area contributed by atoms with E-state index < -0.39 is 8.07 Å². The Labute approximate surface area is 47.7 Å². The molecule has 0 rings (SSSR count). The molecular weight excluding hydrogens is 99.0 g/mol. The van der Waals surface area contributed by atoms with Crippen LogP contribution in [0.4, 0.5) is 0 Å². The Balaban J connectivity index is 3.72. The van der Waals surface area contributed by atoms with Gasteiger partial charge in [-0.25, -0.2) is 0 Å². The number of rotatable bonds is 0. The molecule has 2 radical (unpaired) electrons. The summed E-state index contributed by atoms with van der Waals surface area (Å²) >= 11 is 0. The van der Waals surface area contributed by atoms with Gasteiger partial charge in [0.25, 0.3) is 0 Å². The van der Waals surface area contributed by atoms with E-state index in [0.29, 0.717) is 0 Å². The largest absolute Gasteiger partial charge is 0.187 e. The summed E-state index contributed by atoms with van der Waals surface area (Å²) in [5.41, 5.74) is 2.95. The Morgan fingerprint density at radius 3 is 1.71 bits per heavy atom. The van der Waals surface area contributed by atoms with Gasteiger partial charge in [-0.2, -0.15) is 5.82 Å². The van der Waals surface area contributed by atoms with Gasteiger partial charge in [0.05, 0.1) is 0 Å². The first-order valence-corrected chi connectivity index (χ1v) is 5.79. The third kappa shape index (κ3) is 5.84. The summed E-state index contributed by atoms with van der Waals surface area (Å²) < 4.78 is 0. The molecule has 0 aliphatic heterocycles. The predicted octanol–water partition coefficient (Wildman–Crippen LogP) is 0.993. The van der Waals surface area contributed by atoms with E-state index in [2.05, 4.69) is 31.0 Å². The molecule has 0 N–H and O–H groups in total. The van der Waals surface area contributed by atoms with E-state index in [9.17, 15) is 0 Å². The molecule has 0 unspecified atom stereocenters. The minimum absolute atomic E-state index is 1.14. The van der Waals surface area contributed by atoms with Gasteiger partial charge in [-0.15, -0.1) is 5.54 Å². The Morgan fingerprint density at radius 2 is 1.71 bits per heavy atom. The van der Waals surface area contributed by atoms with Crippen molar-refractivity contribution >= 4 is 15.9 Å². The fourth-order valence-electron chi connectivity index (χ4n) is 0.217. The molecule has 0 bridgehead atoms. The van der Waals surface area contributed by atoms with Crippen LogP contribution < -0.4 is 0 Å². The van der Waals surface area contributed by atoms with Crippen LogP contribution in [0.15, 0.2) is 0 Å². The Hall–Kier alpha value is -0.158. The van der Waals surface area contributed by atoms with E-state index in [1.807, 2.05) is 0 Å². The fourth-order valence-corrected chi connectivity index (χ4v) is 0.650. The molecule has 0 saturated carbocycles. The van der Waals surface area contributed by atoms with Gasteiger partial charge in [-0.3, -0.25) is 0 Å². The molecule has 0 amide bonds. The maximum absolute atomic E-state index is 4.99. The highest BCUT2D eigenvalue weighted by Gasteiger charge is 2.05. The molecule has 0 atom stereocenters. The lowest BCUT2D eigenvalue weighted by atomic mass is 10.2. The van der Waals surface area contributed by atoms with E-state index in [1.54, 1.807) is 0 Å². The zero-order chi connectivity index (χ0) is 5.91. The molecule has 0 saturated heterocycles. The lowest BCUT2D eigenvalue weighted by Gasteiger charge is -2.02. The zero-order valence-electron chi connectivity index (χ0n) is 5.08. The van der Waals surface area contributed by atoms with Gasteiger partial charge in [-0.05, 0) is 0 Å². The van der Waals surface area contributed by atoms with E-state index in [1.165, 1.54) is 0 Å². The SMILES string of the molecule is [B]C#C[Si](C)(C)C. The molecule has 0 nitrogen and oxygen atoms in total. The van der Waals surface area contributed by atoms with Gasteiger partial charge >= 0.3 is 0 Å². The monoisotopic (exact) mass is 108 g/mol. The Kier molecular flexibility index (Phi) is 2.18. The highest BCUT2D eigenvalue weighted by Crippen LogP contribution is 1.94. The normalized spacial score (nSPS) is 9.57. The van der Waals surface area contributed by atoms with Crippen molar-refractivity contribution in [3.8, 4) is 11.4 Å². The third-order valence-corrected chi connectivity index (χ3v) is 1.34. The minimum Gasteiger partial charge on any atom is -0.179 e. The summed E-state index contributed by atoms with van der Waals surface area (Å²) in [4.78, 5) is 0. The average Bonchev–Trinajstić information content (AvgIpc) is 1.30. The van der Waals surface area contributed by atoms with Gasteiger partial charge in [0, 0.05) is 0 Å². The van der Waals surface area contributed by atoms with E-state index in [-0.39, 0.29) is 0 Å². The quantitative estimate of drug-likeness (QED) is 0.320. The molecule has 0 aromatic heterocycles. The molecule has 0 aromatic rings. The summed E-state index contributed by atoms with van der Waals surface area (Å²) in [7, 11) is 3.84. The van der Waals surface area contributed by atoms with Crippen molar-refractivity contribution in [3.05, 3.63) is 0 Å². The summed E-state index contributed by atoms with van der Waals surface area (Å²) in [5.74, 6) is 2.42. The van der Waals surface area contributed by atoms with Crippen LogP contribution in [0.3, 0.4) is 0 Å². The van der Waals surface area contributed by atoms with E-state index >= 15 is 0 Å². The molecule has 7 heavy (non-hydrogen) atoms. The van der Waals surface area contributed by atoms with Crippen LogP contribution in [-0.4, -0.2) is 15.9 Å². The molecular formula is C5H9BSi. The predicted molar refractivity (Wildman–Crippen MR) is 36.9 cm³/mol. The van der Waals surface area contributed by atoms with Crippen molar-refractivity contribution in [1.82, 2.24) is 0 Å². The minimum atomic E-state index is -1.14. The highest BCUT2D eigenvalue weighted by molar-refractivity contribution is 6.84. The molecule has 0 aliphatic rings.